The van der Waals surface area contributed by atoms with Crippen LogP contribution in [0.4, 0.5) is 11.4 Å². The van der Waals surface area contributed by atoms with Crippen molar-refractivity contribution in [3.05, 3.63) is 34.3 Å². The molecule has 2 unspecified atom stereocenters. The molecule has 6 N–H and O–H groups in total. The molecule has 10 nitrogen and oxygen atoms in total. The Morgan fingerprint density at radius 1 is 0.846 bits per heavy atom. The standard InChI is InChI=1S/C28H37ClN4O6/c1-7-32-16-13-19(36)23(38)21(29)20(16)24(39)26(31-32)28(5,6)9-8-10-33-15-12-18(35)17(34)11-14(15)22(37)25(30-33)27(2,3)4/h11-13,25-26,30-31,34-36,38H,7-10H2,1-6H3. The van der Waals surface area contributed by atoms with E-state index < -0.39 is 34.4 Å². The first-order valence-electron chi connectivity index (χ1n) is 13.0. The molecule has 0 saturated heterocycles. The molecule has 4 rings (SSSR count). The van der Waals surface area contributed by atoms with Crippen LogP contribution in [0.25, 0.3) is 0 Å². The molecule has 0 amide bonds. The fourth-order valence-electron chi connectivity index (χ4n) is 5.32. The molecule has 0 fully saturated rings. The number of rotatable bonds is 6. The lowest BCUT2D eigenvalue weighted by molar-refractivity contribution is 0.0810. The Kier molecular flexibility index (Phi) is 7.44. The first-order chi connectivity index (χ1) is 18.1. The number of hydrogen-bond acceptors (Lipinski definition) is 10. The second kappa shape index (κ2) is 10.1. The normalized spacial score (nSPS) is 19.8. The molecule has 212 valence electrons. The number of phenolic OH excluding ortho intramolecular Hbond substituents is 4. The van der Waals surface area contributed by atoms with Crippen LogP contribution in [0.15, 0.2) is 18.2 Å². The second-order valence-corrected chi connectivity index (χ2v) is 12.4. The number of carbonyl (C=O) groups excluding carboxylic acids is 2. The lowest BCUT2D eigenvalue weighted by Crippen LogP contribution is -2.59. The number of Topliss-reactive ketones (excluding diaryl/α,β-unsaturated/α-hetero) is 2. The van der Waals surface area contributed by atoms with Crippen LogP contribution in [0.5, 0.6) is 23.0 Å². The van der Waals surface area contributed by atoms with Gasteiger partial charge in [-0.1, -0.05) is 46.2 Å². The fourth-order valence-corrected chi connectivity index (χ4v) is 5.60. The molecule has 2 aromatic rings. The lowest BCUT2D eigenvalue weighted by atomic mass is 9.76. The van der Waals surface area contributed by atoms with Crippen molar-refractivity contribution in [1.82, 2.24) is 10.9 Å². The van der Waals surface area contributed by atoms with Crippen LogP contribution in [0.1, 0.15) is 75.1 Å². The average molecular weight is 561 g/mol. The number of anilines is 2. The van der Waals surface area contributed by atoms with Crippen LogP contribution < -0.4 is 20.9 Å². The molecule has 0 spiro atoms. The maximum absolute atomic E-state index is 13.6. The largest absolute Gasteiger partial charge is 0.504 e. The van der Waals surface area contributed by atoms with E-state index >= 15 is 0 Å². The summed E-state index contributed by atoms with van der Waals surface area (Å²) in [5, 5.41) is 43.8. The number of nitrogens with one attached hydrogen (secondary N) is 2. The SMILES string of the molecule is CCN1NC(C(C)(C)CCCN2NC(C(C)(C)C)C(=O)c3cc(O)c(O)cc32)C(=O)c2c1cc(O)c(O)c2Cl. The van der Waals surface area contributed by atoms with Crippen molar-refractivity contribution in [3.8, 4) is 23.0 Å². The summed E-state index contributed by atoms with van der Waals surface area (Å²) < 4.78 is 0. The van der Waals surface area contributed by atoms with E-state index in [0.717, 1.165) is 0 Å². The number of phenols is 4. The van der Waals surface area contributed by atoms with E-state index in [1.54, 1.807) is 5.01 Å². The van der Waals surface area contributed by atoms with Crippen LogP contribution in [-0.2, 0) is 0 Å². The molecule has 2 aliphatic rings. The van der Waals surface area contributed by atoms with E-state index in [1.165, 1.54) is 18.2 Å². The Morgan fingerprint density at radius 3 is 2.05 bits per heavy atom. The van der Waals surface area contributed by atoms with Crippen molar-refractivity contribution in [2.24, 2.45) is 10.8 Å². The van der Waals surface area contributed by atoms with Gasteiger partial charge in [0, 0.05) is 30.8 Å². The lowest BCUT2D eigenvalue weighted by Gasteiger charge is -2.44. The summed E-state index contributed by atoms with van der Waals surface area (Å²) in [7, 11) is 0. The summed E-state index contributed by atoms with van der Waals surface area (Å²) in [6.07, 6.45) is 1.21. The zero-order valence-electron chi connectivity index (χ0n) is 23.1. The van der Waals surface area contributed by atoms with Gasteiger partial charge in [0.1, 0.15) is 0 Å². The first-order valence-corrected chi connectivity index (χ1v) is 13.4. The van der Waals surface area contributed by atoms with Crippen LogP contribution in [-0.4, -0.2) is 57.2 Å². The number of nitrogens with zero attached hydrogens (tertiary/aromatic N) is 2. The van der Waals surface area contributed by atoms with Gasteiger partial charge in [0.05, 0.1) is 34.0 Å². The number of benzene rings is 2. The van der Waals surface area contributed by atoms with Gasteiger partial charge >= 0.3 is 0 Å². The molecule has 39 heavy (non-hydrogen) atoms. The maximum atomic E-state index is 13.6. The van der Waals surface area contributed by atoms with Gasteiger partial charge in [-0.25, -0.2) is 10.9 Å². The molecule has 0 aromatic heterocycles. The third kappa shape index (κ3) is 5.08. The highest BCUT2D eigenvalue weighted by Crippen LogP contribution is 2.46. The van der Waals surface area contributed by atoms with E-state index in [2.05, 4.69) is 10.9 Å². The van der Waals surface area contributed by atoms with Gasteiger partial charge < -0.3 is 30.4 Å². The number of hydrogen-bond donors (Lipinski definition) is 6. The Labute approximate surface area is 233 Å². The zero-order chi connectivity index (χ0) is 29.0. The van der Waals surface area contributed by atoms with Crippen molar-refractivity contribution >= 4 is 34.5 Å². The van der Waals surface area contributed by atoms with E-state index in [-0.39, 0.29) is 33.7 Å². The Hall–Kier alpha value is -3.21. The van der Waals surface area contributed by atoms with Gasteiger partial charge in [-0.05, 0) is 36.7 Å². The molecule has 0 saturated carbocycles. The summed E-state index contributed by atoms with van der Waals surface area (Å²) in [4.78, 5) is 26.8. The fraction of sp³-hybridized carbons (Fsp3) is 0.500. The monoisotopic (exact) mass is 560 g/mol. The number of carbonyl (C=O) groups is 2. The first kappa shape index (κ1) is 28.8. The Bertz CT molecular complexity index is 1320. The summed E-state index contributed by atoms with van der Waals surface area (Å²) >= 11 is 6.32. The van der Waals surface area contributed by atoms with Crippen molar-refractivity contribution in [2.75, 3.05) is 23.1 Å². The van der Waals surface area contributed by atoms with Gasteiger partial charge in [-0.3, -0.25) is 9.59 Å². The number of fused-ring (bicyclic) bond motifs is 2. The van der Waals surface area contributed by atoms with Gasteiger partial charge in [0.2, 0.25) is 0 Å². The summed E-state index contributed by atoms with van der Waals surface area (Å²) in [6.45, 7) is 12.6. The van der Waals surface area contributed by atoms with E-state index in [9.17, 15) is 30.0 Å². The third-order valence-electron chi connectivity index (χ3n) is 7.65. The minimum Gasteiger partial charge on any atom is -0.504 e. The number of hydrazine groups is 2. The number of ketones is 2. The van der Waals surface area contributed by atoms with Crippen LogP contribution >= 0.6 is 11.6 Å². The molecule has 2 heterocycles. The van der Waals surface area contributed by atoms with E-state index in [1.807, 2.05) is 46.6 Å². The number of aromatic hydroxyl groups is 4. The van der Waals surface area contributed by atoms with Gasteiger partial charge in [0.15, 0.2) is 34.6 Å². The van der Waals surface area contributed by atoms with Crippen LogP contribution in [0, 0.1) is 10.8 Å². The molecule has 11 heteroatoms. The smallest absolute Gasteiger partial charge is 0.185 e. The topological polar surface area (TPSA) is 146 Å². The van der Waals surface area contributed by atoms with Gasteiger partial charge in [0.25, 0.3) is 0 Å². The summed E-state index contributed by atoms with van der Waals surface area (Å²) in [6, 6.07) is 2.82. The molecule has 2 aromatic carbocycles. The highest BCUT2D eigenvalue weighted by atomic mass is 35.5. The van der Waals surface area contributed by atoms with E-state index in [4.69, 9.17) is 11.6 Å². The van der Waals surface area contributed by atoms with Gasteiger partial charge in [-0.15, -0.1) is 0 Å². The van der Waals surface area contributed by atoms with Crippen molar-refractivity contribution in [2.45, 2.75) is 66.5 Å². The maximum Gasteiger partial charge on any atom is 0.185 e. The molecular weight excluding hydrogens is 524 g/mol. The molecular formula is C28H37ClN4O6. The molecule has 2 aliphatic heterocycles. The molecule has 0 aliphatic carbocycles. The van der Waals surface area contributed by atoms with Gasteiger partial charge in [-0.2, -0.15) is 0 Å². The minimum atomic E-state index is -0.655. The quantitative estimate of drug-likeness (QED) is 0.279. The van der Waals surface area contributed by atoms with Crippen LogP contribution in [0.3, 0.4) is 0 Å². The van der Waals surface area contributed by atoms with Crippen molar-refractivity contribution < 1.29 is 30.0 Å². The highest BCUT2D eigenvalue weighted by molar-refractivity contribution is 6.37. The van der Waals surface area contributed by atoms with Crippen LogP contribution in [0.2, 0.25) is 5.02 Å². The van der Waals surface area contributed by atoms with E-state index in [0.29, 0.717) is 42.9 Å². The second-order valence-electron chi connectivity index (χ2n) is 12.0. The molecule has 2 atom stereocenters. The number of halogens is 1. The van der Waals surface area contributed by atoms with Crippen molar-refractivity contribution in [3.63, 3.8) is 0 Å². The summed E-state index contributed by atoms with van der Waals surface area (Å²) in [5.74, 6) is -2.02. The highest BCUT2D eigenvalue weighted by Gasteiger charge is 2.44. The summed E-state index contributed by atoms with van der Waals surface area (Å²) in [5.41, 5.74) is 6.99. The zero-order valence-corrected chi connectivity index (χ0v) is 23.8. The molecule has 0 radical (unpaired) electrons. The van der Waals surface area contributed by atoms with Crippen molar-refractivity contribution in [1.29, 1.82) is 0 Å². The molecule has 0 bridgehead atoms. The Morgan fingerprint density at radius 2 is 1.44 bits per heavy atom. The Balaban J connectivity index is 1.57. The predicted molar refractivity (Wildman–Crippen MR) is 150 cm³/mol. The third-order valence-corrected chi connectivity index (χ3v) is 8.01. The predicted octanol–water partition coefficient (Wildman–Crippen LogP) is 4.49. The minimum absolute atomic E-state index is 0.161. The average Bonchev–Trinajstić information content (AvgIpc) is 2.84.